The lowest BCUT2D eigenvalue weighted by molar-refractivity contribution is 0.0498. The summed E-state index contributed by atoms with van der Waals surface area (Å²) in [6, 6.07) is 17.5. The van der Waals surface area contributed by atoms with Crippen molar-refractivity contribution in [1.82, 2.24) is 19.9 Å². The van der Waals surface area contributed by atoms with Crippen molar-refractivity contribution in [2.24, 2.45) is 0 Å². The molecule has 0 spiro atoms. The Morgan fingerprint density at radius 1 is 1.11 bits per heavy atom. The van der Waals surface area contributed by atoms with Crippen LogP contribution in [0.3, 0.4) is 0 Å². The maximum Gasteiger partial charge on any atom is 0.254 e. The number of ether oxygens (including phenoxy) is 1. The van der Waals surface area contributed by atoms with Crippen molar-refractivity contribution < 1.29 is 9.53 Å². The van der Waals surface area contributed by atoms with Crippen LogP contribution in [-0.4, -0.2) is 45.5 Å². The first kappa shape index (κ1) is 18.2. The molecule has 1 fully saturated rings. The van der Waals surface area contributed by atoms with Crippen molar-refractivity contribution in [3.8, 4) is 17.0 Å². The normalized spacial score (nSPS) is 14.0. The number of likely N-dealkylation sites (tertiary alicyclic amines) is 1. The van der Waals surface area contributed by atoms with E-state index in [-0.39, 0.29) is 11.9 Å². The van der Waals surface area contributed by atoms with Gasteiger partial charge in [0.1, 0.15) is 11.4 Å². The Morgan fingerprint density at radius 3 is 2.57 bits per heavy atom. The molecule has 0 atom stereocenters. The Kier molecular flexibility index (Phi) is 5.37. The van der Waals surface area contributed by atoms with E-state index >= 15 is 0 Å². The van der Waals surface area contributed by atoms with Gasteiger partial charge in [0.2, 0.25) is 0 Å². The molecule has 0 aliphatic carbocycles. The summed E-state index contributed by atoms with van der Waals surface area (Å²) in [5.41, 5.74) is 2.58. The van der Waals surface area contributed by atoms with E-state index in [0.29, 0.717) is 25.3 Å². The topological polar surface area (TPSA) is 60.2 Å². The monoisotopic (exact) mass is 376 g/mol. The number of aromatic nitrogens is 3. The van der Waals surface area contributed by atoms with Crippen molar-refractivity contribution in [2.45, 2.75) is 25.8 Å². The minimum absolute atomic E-state index is 0.0414. The molecule has 6 heteroatoms. The molecule has 3 aromatic rings. The zero-order valence-electron chi connectivity index (χ0n) is 16.0. The third-order valence-corrected chi connectivity index (χ3v) is 4.97. The maximum atomic E-state index is 12.6. The highest BCUT2D eigenvalue weighted by Crippen LogP contribution is 2.25. The van der Waals surface area contributed by atoms with Crippen molar-refractivity contribution >= 4 is 5.91 Å². The van der Waals surface area contributed by atoms with E-state index in [0.717, 1.165) is 29.8 Å². The van der Waals surface area contributed by atoms with Crippen molar-refractivity contribution in [1.29, 1.82) is 0 Å². The lowest BCUT2D eigenvalue weighted by atomic mass is 10.1. The van der Waals surface area contributed by atoms with Crippen LogP contribution in [0.2, 0.25) is 0 Å². The highest BCUT2D eigenvalue weighted by molar-refractivity contribution is 5.94. The first-order valence-corrected chi connectivity index (χ1v) is 9.74. The van der Waals surface area contributed by atoms with Gasteiger partial charge in [-0.3, -0.25) is 4.79 Å². The number of carbonyl (C=O) groups is 1. The number of rotatable bonds is 7. The van der Waals surface area contributed by atoms with Gasteiger partial charge in [-0.05, 0) is 30.7 Å². The van der Waals surface area contributed by atoms with Crippen LogP contribution in [0.25, 0.3) is 11.3 Å². The Morgan fingerprint density at radius 2 is 1.86 bits per heavy atom. The highest BCUT2D eigenvalue weighted by atomic mass is 16.5. The Hall–Kier alpha value is -3.15. The second-order valence-electron chi connectivity index (χ2n) is 7.04. The largest absolute Gasteiger partial charge is 0.494 e. The zero-order chi connectivity index (χ0) is 19.3. The van der Waals surface area contributed by atoms with Crippen LogP contribution in [0, 0.1) is 0 Å². The van der Waals surface area contributed by atoms with Crippen molar-refractivity contribution in [3.05, 3.63) is 66.4 Å². The molecule has 28 heavy (non-hydrogen) atoms. The molecule has 1 aromatic heterocycles. The first-order chi connectivity index (χ1) is 13.7. The quantitative estimate of drug-likeness (QED) is 0.588. The van der Waals surface area contributed by atoms with Crippen LogP contribution in [0.1, 0.15) is 36.2 Å². The molecule has 0 unspecified atom stereocenters. The molecule has 0 radical (unpaired) electrons. The summed E-state index contributed by atoms with van der Waals surface area (Å²) in [5.74, 6) is 0.849. The predicted octanol–water partition coefficient (Wildman–Crippen LogP) is 3.82. The van der Waals surface area contributed by atoms with Crippen LogP contribution in [0.4, 0.5) is 0 Å². The van der Waals surface area contributed by atoms with E-state index in [1.807, 2.05) is 70.4 Å². The van der Waals surface area contributed by atoms with Crippen LogP contribution in [-0.2, 0) is 0 Å². The second kappa shape index (κ2) is 8.25. The number of hydrogen-bond donors (Lipinski definition) is 0. The standard InChI is InChI=1S/C22H24N4O2/c1-2-3-13-28-20-11-9-18(10-12-20)22(27)25-14-19(15-25)26-16-21(23-24-26)17-7-5-4-6-8-17/h4-12,16,19H,2-3,13-15H2,1H3. The number of unbranched alkanes of at least 4 members (excludes halogenated alkanes) is 1. The third-order valence-electron chi connectivity index (χ3n) is 4.97. The molecule has 6 nitrogen and oxygen atoms in total. The van der Waals surface area contributed by atoms with Gasteiger partial charge >= 0.3 is 0 Å². The van der Waals surface area contributed by atoms with Crippen LogP contribution < -0.4 is 4.74 Å². The predicted molar refractivity (Wildman–Crippen MR) is 107 cm³/mol. The van der Waals surface area contributed by atoms with Gasteiger partial charge in [0.25, 0.3) is 5.91 Å². The summed E-state index contributed by atoms with van der Waals surface area (Å²) >= 11 is 0. The summed E-state index contributed by atoms with van der Waals surface area (Å²) in [5, 5.41) is 8.49. The summed E-state index contributed by atoms with van der Waals surface area (Å²) in [6.07, 6.45) is 4.08. The SMILES string of the molecule is CCCCOc1ccc(C(=O)N2CC(n3cc(-c4ccccc4)nn3)C2)cc1. The molecular weight excluding hydrogens is 352 g/mol. The van der Waals surface area contributed by atoms with Gasteiger partial charge in [-0.1, -0.05) is 48.9 Å². The molecule has 1 amide bonds. The van der Waals surface area contributed by atoms with E-state index in [4.69, 9.17) is 4.74 Å². The fourth-order valence-corrected chi connectivity index (χ4v) is 3.20. The molecule has 0 N–H and O–H groups in total. The summed E-state index contributed by atoms with van der Waals surface area (Å²) in [6.45, 7) is 4.13. The fraction of sp³-hybridized carbons (Fsp3) is 0.318. The molecule has 1 saturated heterocycles. The molecule has 2 heterocycles. The fourth-order valence-electron chi connectivity index (χ4n) is 3.20. The number of hydrogen-bond acceptors (Lipinski definition) is 4. The van der Waals surface area contributed by atoms with E-state index < -0.39 is 0 Å². The minimum Gasteiger partial charge on any atom is -0.494 e. The Bertz CT molecular complexity index is 915. The lowest BCUT2D eigenvalue weighted by Crippen LogP contribution is -2.50. The van der Waals surface area contributed by atoms with Crippen LogP contribution in [0.5, 0.6) is 5.75 Å². The van der Waals surface area contributed by atoms with Crippen molar-refractivity contribution in [2.75, 3.05) is 19.7 Å². The molecule has 1 aliphatic rings. The zero-order valence-corrected chi connectivity index (χ0v) is 16.0. The Labute approximate surface area is 164 Å². The van der Waals surface area contributed by atoms with Crippen LogP contribution in [0.15, 0.2) is 60.8 Å². The van der Waals surface area contributed by atoms with E-state index in [1.165, 1.54) is 0 Å². The summed E-state index contributed by atoms with van der Waals surface area (Å²) in [7, 11) is 0. The number of benzene rings is 2. The minimum atomic E-state index is 0.0414. The van der Waals surface area contributed by atoms with E-state index in [9.17, 15) is 4.79 Å². The smallest absolute Gasteiger partial charge is 0.254 e. The van der Waals surface area contributed by atoms with Gasteiger partial charge in [-0.2, -0.15) is 0 Å². The van der Waals surface area contributed by atoms with Gasteiger partial charge in [-0.15, -0.1) is 5.10 Å². The molecular formula is C22H24N4O2. The molecule has 4 rings (SSSR count). The Balaban J connectivity index is 1.32. The highest BCUT2D eigenvalue weighted by Gasteiger charge is 2.33. The second-order valence-corrected chi connectivity index (χ2v) is 7.04. The molecule has 2 aromatic carbocycles. The van der Waals surface area contributed by atoms with Gasteiger partial charge in [0.15, 0.2) is 0 Å². The summed E-state index contributed by atoms with van der Waals surface area (Å²) < 4.78 is 7.51. The lowest BCUT2D eigenvalue weighted by Gasteiger charge is -2.38. The van der Waals surface area contributed by atoms with E-state index in [2.05, 4.69) is 17.2 Å². The van der Waals surface area contributed by atoms with Crippen LogP contribution >= 0.6 is 0 Å². The third kappa shape index (κ3) is 3.91. The van der Waals surface area contributed by atoms with Gasteiger partial charge in [0.05, 0.1) is 18.8 Å². The van der Waals surface area contributed by atoms with Crippen molar-refractivity contribution in [3.63, 3.8) is 0 Å². The average molecular weight is 376 g/mol. The number of carbonyl (C=O) groups excluding carboxylic acids is 1. The average Bonchev–Trinajstić information content (AvgIpc) is 3.18. The van der Waals surface area contributed by atoms with Gasteiger partial charge in [0, 0.05) is 24.2 Å². The first-order valence-electron chi connectivity index (χ1n) is 9.74. The van der Waals surface area contributed by atoms with Gasteiger partial charge < -0.3 is 9.64 Å². The number of nitrogens with zero attached hydrogens (tertiary/aromatic N) is 4. The molecule has 0 saturated carbocycles. The molecule has 0 bridgehead atoms. The summed E-state index contributed by atoms with van der Waals surface area (Å²) in [4.78, 5) is 14.5. The molecule has 144 valence electrons. The van der Waals surface area contributed by atoms with Gasteiger partial charge in [-0.25, -0.2) is 4.68 Å². The number of amides is 1. The maximum absolute atomic E-state index is 12.6. The van der Waals surface area contributed by atoms with E-state index in [1.54, 1.807) is 0 Å². The molecule has 1 aliphatic heterocycles.